The summed E-state index contributed by atoms with van der Waals surface area (Å²) in [5.41, 5.74) is 0.0130. The summed E-state index contributed by atoms with van der Waals surface area (Å²) in [7, 11) is 0. The first-order valence-electron chi connectivity index (χ1n) is 6.10. The Kier molecular flexibility index (Phi) is 3.60. The van der Waals surface area contributed by atoms with Crippen LogP contribution in [0.3, 0.4) is 0 Å². The third-order valence-electron chi connectivity index (χ3n) is 3.30. The smallest absolute Gasteiger partial charge is 0.338 e. The molecule has 1 unspecified atom stereocenters. The molecule has 0 aromatic carbocycles. The number of carbonyl (C=O) groups excluding carboxylic acids is 1. The van der Waals surface area contributed by atoms with Crippen LogP contribution in [0, 0.1) is 0 Å². The standard InChI is InChI=1S/C13H16N2O3/c1-9-5-2-3-8-15(9)12(16)11-10(13(17)18)6-4-7-14-11/h4,6-7,9H,2-3,5,8H2,1H3,(H,17,18). The molecule has 0 saturated carbocycles. The van der Waals surface area contributed by atoms with Crippen LogP contribution < -0.4 is 0 Å². The summed E-state index contributed by atoms with van der Waals surface area (Å²) in [4.78, 5) is 29.1. The van der Waals surface area contributed by atoms with Crippen molar-refractivity contribution in [3.63, 3.8) is 0 Å². The lowest BCUT2D eigenvalue weighted by Gasteiger charge is -2.33. The first kappa shape index (κ1) is 12.5. The molecule has 1 aromatic heterocycles. The van der Waals surface area contributed by atoms with Crippen molar-refractivity contribution in [1.29, 1.82) is 0 Å². The van der Waals surface area contributed by atoms with Crippen molar-refractivity contribution in [3.8, 4) is 0 Å². The highest BCUT2D eigenvalue weighted by Crippen LogP contribution is 2.19. The molecule has 1 amide bonds. The van der Waals surface area contributed by atoms with Crippen LogP contribution in [0.15, 0.2) is 18.3 Å². The number of amides is 1. The van der Waals surface area contributed by atoms with Crippen molar-refractivity contribution in [3.05, 3.63) is 29.6 Å². The van der Waals surface area contributed by atoms with Gasteiger partial charge in [-0.1, -0.05) is 0 Å². The van der Waals surface area contributed by atoms with Crippen molar-refractivity contribution in [2.24, 2.45) is 0 Å². The number of piperidine rings is 1. The highest BCUT2D eigenvalue weighted by Gasteiger charge is 2.28. The number of likely N-dealkylation sites (tertiary alicyclic amines) is 1. The normalized spacial score (nSPS) is 19.6. The molecule has 2 heterocycles. The average molecular weight is 248 g/mol. The van der Waals surface area contributed by atoms with E-state index in [1.165, 1.54) is 18.3 Å². The lowest BCUT2D eigenvalue weighted by molar-refractivity contribution is 0.0607. The number of hydrogen-bond donors (Lipinski definition) is 1. The number of aromatic nitrogens is 1. The second-order valence-electron chi connectivity index (χ2n) is 4.55. The van der Waals surface area contributed by atoms with Crippen LogP contribution in [0.25, 0.3) is 0 Å². The Morgan fingerprint density at radius 2 is 2.22 bits per heavy atom. The van der Waals surface area contributed by atoms with Crippen LogP contribution in [0.1, 0.15) is 47.0 Å². The van der Waals surface area contributed by atoms with E-state index in [0.29, 0.717) is 6.54 Å². The maximum Gasteiger partial charge on any atom is 0.338 e. The van der Waals surface area contributed by atoms with Gasteiger partial charge in [-0.2, -0.15) is 0 Å². The Labute approximate surface area is 105 Å². The first-order valence-corrected chi connectivity index (χ1v) is 6.10. The molecule has 1 saturated heterocycles. The van der Waals surface area contributed by atoms with Crippen LogP contribution in [-0.4, -0.2) is 39.5 Å². The highest BCUT2D eigenvalue weighted by atomic mass is 16.4. The molecule has 5 heteroatoms. The van der Waals surface area contributed by atoms with Crippen molar-refractivity contribution >= 4 is 11.9 Å². The monoisotopic (exact) mass is 248 g/mol. The summed E-state index contributed by atoms with van der Waals surface area (Å²) >= 11 is 0. The Balaban J connectivity index is 2.30. The SMILES string of the molecule is CC1CCCCN1C(=O)c1ncccc1C(=O)O. The molecule has 0 radical (unpaired) electrons. The summed E-state index contributed by atoms with van der Waals surface area (Å²) in [5.74, 6) is -1.39. The molecular weight excluding hydrogens is 232 g/mol. The molecule has 0 spiro atoms. The number of hydrogen-bond acceptors (Lipinski definition) is 3. The van der Waals surface area contributed by atoms with Crippen LogP contribution in [0.2, 0.25) is 0 Å². The third-order valence-corrected chi connectivity index (χ3v) is 3.30. The van der Waals surface area contributed by atoms with E-state index in [-0.39, 0.29) is 23.2 Å². The summed E-state index contributed by atoms with van der Waals surface area (Å²) in [5, 5.41) is 9.07. The van der Waals surface area contributed by atoms with E-state index in [1.807, 2.05) is 6.92 Å². The number of carboxylic acid groups (broad SMARTS) is 1. The minimum atomic E-state index is -1.11. The van der Waals surface area contributed by atoms with Crippen LogP contribution in [0.4, 0.5) is 0 Å². The van der Waals surface area contributed by atoms with E-state index in [1.54, 1.807) is 4.90 Å². The molecule has 1 aliphatic heterocycles. The Morgan fingerprint density at radius 3 is 2.89 bits per heavy atom. The van der Waals surface area contributed by atoms with Gasteiger partial charge in [0.2, 0.25) is 0 Å². The largest absolute Gasteiger partial charge is 0.478 e. The predicted molar refractivity (Wildman–Crippen MR) is 65.5 cm³/mol. The number of carboxylic acids is 1. The van der Waals surface area contributed by atoms with Crippen LogP contribution >= 0.6 is 0 Å². The van der Waals surface area contributed by atoms with E-state index in [2.05, 4.69) is 4.98 Å². The topological polar surface area (TPSA) is 70.5 Å². The van der Waals surface area contributed by atoms with E-state index in [9.17, 15) is 9.59 Å². The summed E-state index contributed by atoms with van der Waals surface area (Å²) in [6.45, 7) is 2.66. The minimum Gasteiger partial charge on any atom is -0.478 e. The molecule has 1 fully saturated rings. The van der Waals surface area contributed by atoms with Gasteiger partial charge in [0.25, 0.3) is 5.91 Å². The van der Waals surface area contributed by atoms with Gasteiger partial charge in [-0.25, -0.2) is 4.79 Å². The van der Waals surface area contributed by atoms with Gasteiger partial charge in [-0.05, 0) is 38.3 Å². The molecule has 5 nitrogen and oxygen atoms in total. The Hall–Kier alpha value is -1.91. The zero-order valence-corrected chi connectivity index (χ0v) is 10.3. The van der Waals surface area contributed by atoms with Crippen LogP contribution in [-0.2, 0) is 0 Å². The molecule has 18 heavy (non-hydrogen) atoms. The predicted octanol–water partition coefficient (Wildman–Crippen LogP) is 1.79. The van der Waals surface area contributed by atoms with E-state index in [0.717, 1.165) is 19.3 Å². The number of aromatic carboxylic acids is 1. The fourth-order valence-electron chi connectivity index (χ4n) is 2.28. The van der Waals surface area contributed by atoms with Gasteiger partial charge >= 0.3 is 5.97 Å². The molecule has 0 bridgehead atoms. The second-order valence-corrected chi connectivity index (χ2v) is 4.55. The van der Waals surface area contributed by atoms with E-state index >= 15 is 0 Å². The van der Waals surface area contributed by atoms with E-state index < -0.39 is 5.97 Å². The van der Waals surface area contributed by atoms with Gasteiger partial charge in [0, 0.05) is 18.8 Å². The number of carbonyl (C=O) groups is 2. The van der Waals surface area contributed by atoms with Gasteiger partial charge in [-0.3, -0.25) is 9.78 Å². The number of pyridine rings is 1. The van der Waals surface area contributed by atoms with Gasteiger partial charge < -0.3 is 10.0 Å². The molecule has 96 valence electrons. The zero-order valence-electron chi connectivity index (χ0n) is 10.3. The summed E-state index contributed by atoms with van der Waals surface area (Å²) in [6, 6.07) is 3.09. The lowest BCUT2D eigenvalue weighted by Crippen LogP contribution is -2.42. The molecule has 1 aromatic rings. The van der Waals surface area contributed by atoms with Crippen molar-refractivity contribution in [1.82, 2.24) is 9.88 Å². The van der Waals surface area contributed by atoms with Gasteiger partial charge in [0.15, 0.2) is 0 Å². The second kappa shape index (κ2) is 5.16. The average Bonchev–Trinajstić information content (AvgIpc) is 2.38. The molecule has 1 atom stereocenters. The number of nitrogens with zero attached hydrogens (tertiary/aromatic N) is 2. The fourth-order valence-corrected chi connectivity index (χ4v) is 2.28. The molecule has 2 rings (SSSR count). The molecule has 0 aliphatic carbocycles. The van der Waals surface area contributed by atoms with Gasteiger partial charge in [-0.15, -0.1) is 0 Å². The maximum absolute atomic E-state index is 12.3. The fraction of sp³-hybridized carbons (Fsp3) is 0.462. The zero-order chi connectivity index (χ0) is 13.1. The van der Waals surface area contributed by atoms with Gasteiger partial charge in [0.05, 0.1) is 5.56 Å². The van der Waals surface area contributed by atoms with Crippen molar-refractivity contribution in [2.75, 3.05) is 6.54 Å². The quantitative estimate of drug-likeness (QED) is 0.866. The van der Waals surface area contributed by atoms with Crippen LogP contribution in [0.5, 0.6) is 0 Å². The van der Waals surface area contributed by atoms with E-state index in [4.69, 9.17) is 5.11 Å². The number of rotatable bonds is 2. The minimum absolute atomic E-state index is 0.0275. The lowest BCUT2D eigenvalue weighted by atomic mass is 10.0. The molecule has 1 N–H and O–H groups in total. The first-order chi connectivity index (χ1) is 8.61. The summed E-state index contributed by atoms with van der Waals surface area (Å²) in [6.07, 6.45) is 4.49. The Morgan fingerprint density at radius 1 is 1.44 bits per heavy atom. The van der Waals surface area contributed by atoms with Crippen molar-refractivity contribution in [2.45, 2.75) is 32.2 Å². The molecule has 1 aliphatic rings. The molecular formula is C13H16N2O3. The highest BCUT2D eigenvalue weighted by molar-refractivity contribution is 6.03. The maximum atomic E-state index is 12.3. The summed E-state index contributed by atoms with van der Waals surface area (Å²) < 4.78 is 0. The van der Waals surface area contributed by atoms with Gasteiger partial charge in [0.1, 0.15) is 5.69 Å². The van der Waals surface area contributed by atoms with Crippen molar-refractivity contribution < 1.29 is 14.7 Å². The third kappa shape index (κ3) is 2.34. The Bertz CT molecular complexity index is 473.